The second-order valence-corrected chi connectivity index (χ2v) is 5.75. The van der Waals surface area contributed by atoms with Gasteiger partial charge in [-0.3, -0.25) is 0 Å². The van der Waals surface area contributed by atoms with Gasteiger partial charge in [0.1, 0.15) is 12.1 Å². The van der Waals surface area contributed by atoms with Gasteiger partial charge in [0.15, 0.2) is 0 Å². The van der Waals surface area contributed by atoms with Gasteiger partial charge in [0.05, 0.1) is 5.52 Å². The zero-order valence-electron chi connectivity index (χ0n) is 10.3. The average molecular weight is 260 g/mol. The van der Waals surface area contributed by atoms with Crippen molar-refractivity contribution in [2.75, 3.05) is 29.2 Å². The molecule has 4 nitrogen and oxygen atoms in total. The van der Waals surface area contributed by atoms with Crippen LogP contribution in [0.25, 0.3) is 10.9 Å². The zero-order valence-corrected chi connectivity index (χ0v) is 11.2. The minimum Gasteiger partial charge on any atom is -0.399 e. The van der Waals surface area contributed by atoms with Crippen LogP contribution >= 0.6 is 11.8 Å². The molecule has 3 rings (SSSR count). The number of hydrogen-bond donors (Lipinski definition) is 1. The summed E-state index contributed by atoms with van der Waals surface area (Å²) in [6, 6.07) is 6.36. The third-order valence-corrected chi connectivity index (χ3v) is 4.57. The lowest BCUT2D eigenvalue weighted by atomic mass is 10.1. The molecule has 2 N–H and O–H groups in total. The van der Waals surface area contributed by atoms with Crippen LogP contribution in [0, 0.1) is 0 Å². The average Bonchev–Trinajstić information content (AvgIpc) is 2.91. The Hall–Kier alpha value is -1.49. The largest absolute Gasteiger partial charge is 0.399 e. The van der Waals surface area contributed by atoms with E-state index in [1.165, 1.54) is 17.9 Å². The lowest BCUT2D eigenvalue weighted by molar-refractivity contribution is 0.693. The van der Waals surface area contributed by atoms with Crippen LogP contribution in [0.15, 0.2) is 24.5 Å². The molecular weight excluding hydrogens is 244 g/mol. The van der Waals surface area contributed by atoms with Crippen molar-refractivity contribution >= 4 is 34.2 Å². The van der Waals surface area contributed by atoms with Gasteiger partial charge in [-0.25, -0.2) is 9.97 Å². The molecule has 5 heteroatoms. The number of nitrogens with two attached hydrogens (primary N) is 1. The first-order chi connectivity index (χ1) is 8.75. The van der Waals surface area contributed by atoms with Crippen LogP contribution < -0.4 is 10.6 Å². The lowest BCUT2D eigenvalue weighted by Crippen LogP contribution is -2.32. The molecule has 0 spiro atoms. The molecule has 0 aliphatic carbocycles. The normalized spacial score (nSPS) is 19.3. The van der Waals surface area contributed by atoms with Crippen molar-refractivity contribution in [3.8, 4) is 0 Å². The summed E-state index contributed by atoms with van der Waals surface area (Å²) in [4.78, 5) is 11.0. The summed E-state index contributed by atoms with van der Waals surface area (Å²) in [5.74, 6) is 3.39. The number of anilines is 2. The predicted molar refractivity (Wildman–Crippen MR) is 78.1 cm³/mol. The number of thioether (sulfide) groups is 1. The summed E-state index contributed by atoms with van der Waals surface area (Å²) >= 11 is 2.00. The molecule has 94 valence electrons. The highest BCUT2D eigenvalue weighted by atomic mass is 32.2. The quantitative estimate of drug-likeness (QED) is 0.839. The number of aromatic nitrogens is 2. The molecule has 0 bridgehead atoms. The number of benzene rings is 1. The fraction of sp³-hybridized carbons (Fsp3) is 0.385. The monoisotopic (exact) mass is 260 g/mol. The molecule has 0 saturated carbocycles. The first kappa shape index (κ1) is 11.6. The molecule has 1 aliphatic rings. The summed E-state index contributed by atoms with van der Waals surface area (Å²) in [5, 5.41) is 1.04. The summed E-state index contributed by atoms with van der Waals surface area (Å²) in [6.45, 7) is 0. The maximum Gasteiger partial charge on any atom is 0.139 e. The van der Waals surface area contributed by atoms with Gasteiger partial charge in [0.25, 0.3) is 0 Å². The van der Waals surface area contributed by atoms with E-state index in [0.717, 1.165) is 22.4 Å². The second-order valence-electron chi connectivity index (χ2n) is 4.60. The minimum atomic E-state index is 0.564. The van der Waals surface area contributed by atoms with Crippen LogP contribution in [0.1, 0.15) is 6.42 Å². The molecule has 1 saturated heterocycles. The Labute approximate surface area is 111 Å². The summed E-state index contributed by atoms with van der Waals surface area (Å²) in [7, 11) is 2.11. The molecule has 2 aromatic rings. The van der Waals surface area contributed by atoms with Gasteiger partial charge in [-0.2, -0.15) is 11.8 Å². The molecule has 1 fully saturated rings. The number of rotatable bonds is 2. The Balaban J connectivity index is 2.07. The van der Waals surface area contributed by atoms with E-state index in [1.54, 1.807) is 6.33 Å². The molecule has 1 aromatic heterocycles. The van der Waals surface area contributed by atoms with Gasteiger partial charge in [0.2, 0.25) is 0 Å². The van der Waals surface area contributed by atoms with Crippen LogP contribution in [0.5, 0.6) is 0 Å². The summed E-state index contributed by atoms with van der Waals surface area (Å²) < 4.78 is 0. The Morgan fingerprint density at radius 2 is 2.28 bits per heavy atom. The van der Waals surface area contributed by atoms with Crippen molar-refractivity contribution in [3.63, 3.8) is 0 Å². The molecule has 1 unspecified atom stereocenters. The van der Waals surface area contributed by atoms with Crippen molar-refractivity contribution in [2.24, 2.45) is 0 Å². The fourth-order valence-electron chi connectivity index (χ4n) is 2.34. The number of nitrogens with zero attached hydrogens (tertiary/aromatic N) is 3. The van der Waals surface area contributed by atoms with Gasteiger partial charge < -0.3 is 10.6 Å². The molecule has 1 aliphatic heterocycles. The molecule has 18 heavy (non-hydrogen) atoms. The lowest BCUT2D eigenvalue weighted by Gasteiger charge is -2.25. The summed E-state index contributed by atoms with van der Waals surface area (Å²) in [6.07, 6.45) is 2.85. The SMILES string of the molecule is CN(c1ncnc2ccc(N)cc12)C1CCSC1. The van der Waals surface area contributed by atoms with Crippen LogP contribution in [-0.4, -0.2) is 34.6 Å². The minimum absolute atomic E-state index is 0.564. The topological polar surface area (TPSA) is 55.0 Å². The van der Waals surface area contributed by atoms with Crippen molar-refractivity contribution in [1.82, 2.24) is 9.97 Å². The highest BCUT2D eigenvalue weighted by molar-refractivity contribution is 7.99. The van der Waals surface area contributed by atoms with Crippen molar-refractivity contribution in [2.45, 2.75) is 12.5 Å². The van der Waals surface area contributed by atoms with E-state index in [-0.39, 0.29) is 0 Å². The number of fused-ring (bicyclic) bond motifs is 1. The maximum atomic E-state index is 5.87. The van der Waals surface area contributed by atoms with Gasteiger partial charge >= 0.3 is 0 Å². The second kappa shape index (κ2) is 4.65. The number of nitrogen functional groups attached to an aromatic ring is 1. The molecule has 0 amide bonds. The number of hydrogen-bond acceptors (Lipinski definition) is 5. The molecule has 2 heterocycles. The van der Waals surface area contributed by atoms with Crippen LogP contribution in [0.3, 0.4) is 0 Å². The Morgan fingerprint density at radius 3 is 3.06 bits per heavy atom. The van der Waals surface area contributed by atoms with Crippen molar-refractivity contribution in [3.05, 3.63) is 24.5 Å². The zero-order chi connectivity index (χ0) is 12.5. The van der Waals surface area contributed by atoms with E-state index >= 15 is 0 Å². The maximum absolute atomic E-state index is 5.87. The highest BCUT2D eigenvalue weighted by Crippen LogP contribution is 2.29. The van der Waals surface area contributed by atoms with E-state index in [1.807, 2.05) is 30.0 Å². The van der Waals surface area contributed by atoms with Crippen LogP contribution in [0.2, 0.25) is 0 Å². The molecule has 0 radical (unpaired) electrons. The first-order valence-corrected chi connectivity index (χ1v) is 7.22. The molecular formula is C13H16N4S. The Kier molecular flexibility index (Phi) is 2.99. The van der Waals surface area contributed by atoms with E-state index in [2.05, 4.69) is 21.9 Å². The summed E-state index contributed by atoms with van der Waals surface area (Å²) in [5.41, 5.74) is 7.58. The smallest absolute Gasteiger partial charge is 0.139 e. The standard InChI is InChI=1S/C13H16N4S/c1-17(10-4-5-18-7-10)13-11-6-9(14)2-3-12(11)15-8-16-13/h2-3,6,8,10H,4-5,7,14H2,1H3. The first-order valence-electron chi connectivity index (χ1n) is 6.06. The Bertz CT molecular complexity index is 566. The highest BCUT2D eigenvalue weighted by Gasteiger charge is 2.22. The van der Waals surface area contributed by atoms with Crippen molar-refractivity contribution in [1.29, 1.82) is 0 Å². The van der Waals surface area contributed by atoms with E-state index in [9.17, 15) is 0 Å². The van der Waals surface area contributed by atoms with Gasteiger partial charge in [-0.1, -0.05) is 0 Å². The van der Waals surface area contributed by atoms with Gasteiger partial charge in [0, 0.05) is 29.9 Å². The Morgan fingerprint density at radius 1 is 1.39 bits per heavy atom. The third-order valence-electron chi connectivity index (χ3n) is 3.43. The van der Waals surface area contributed by atoms with E-state index < -0.39 is 0 Å². The van der Waals surface area contributed by atoms with Crippen molar-refractivity contribution < 1.29 is 0 Å². The van der Waals surface area contributed by atoms with E-state index in [4.69, 9.17) is 5.73 Å². The predicted octanol–water partition coefficient (Wildman–Crippen LogP) is 2.15. The molecule has 1 aromatic carbocycles. The fourth-order valence-corrected chi connectivity index (χ4v) is 3.61. The van der Waals surface area contributed by atoms with Crippen LogP contribution in [0.4, 0.5) is 11.5 Å². The third kappa shape index (κ3) is 1.99. The van der Waals surface area contributed by atoms with Gasteiger partial charge in [-0.15, -0.1) is 0 Å². The van der Waals surface area contributed by atoms with E-state index in [0.29, 0.717) is 6.04 Å². The van der Waals surface area contributed by atoms with Gasteiger partial charge in [-0.05, 0) is 30.4 Å². The molecule has 1 atom stereocenters. The van der Waals surface area contributed by atoms with Crippen LogP contribution in [-0.2, 0) is 0 Å².